The lowest BCUT2D eigenvalue weighted by molar-refractivity contribution is 0.413. The first kappa shape index (κ1) is 21.7. The second-order valence-corrected chi connectivity index (χ2v) is 8.87. The Morgan fingerprint density at radius 2 is 2.16 bits per heavy atom. The highest BCUT2D eigenvalue weighted by Crippen LogP contribution is 2.35. The van der Waals surface area contributed by atoms with Crippen LogP contribution in [-0.4, -0.2) is 38.3 Å². The summed E-state index contributed by atoms with van der Waals surface area (Å²) < 4.78 is 23.2. The van der Waals surface area contributed by atoms with Crippen molar-refractivity contribution < 1.29 is 9.13 Å². The van der Waals surface area contributed by atoms with Crippen LogP contribution in [0.1, 0.15) is 12.8 Å². The summed E-state index contributed by atoms with van der Waals surface area (Å²) >= 11 is 2.71. The molecule has 1 atom stereocenters. The van der Waals surface area contributed by atoms with Crippen LogP contribution in [-0.2, 0) is 0 Å². The fourth-order valence-corrected chi connectivity index (χ4v) is 4.80. The van der Waals surface area contributed by atoms with E-state index in [9.17, 15) is 4.39 Å². The van der Waals surface area contributed by atoms with Crippen molar-refractivity contribution in [1.29, 1.82) is 0 Å². The van der Waals surface area contributed by atoms with Gasteiger partial charge in [-0.15, -0.1) is 11.3 Å². The van der Waals surface area contributed by atoms with Gasteiger partial charge in [0.15, 0.2) is 0 Å². The number of thiazole rings is 1. The molecule has 0 radical (unpaired) electrons. The third-order valence-corrected chi connectivity index (χ3v) is 6.73. The maximum absolute atomic E-state index is 14.7. The number of benzene rings is 2. The second-order valence-electron chi connectivity index (χ2n) is 7.30. The van der Waals surface area contributed by atoms with Crippen molar-refractivity contribution in [2.75, 3.05) is 42.2 Å². The molecule has 1 fully saturated rings. The van der Waals surface area contributed by atoms with E-state index < -0.39 is 0 Å². The number of nitrogens with one attached hydrogen (secondary N) is 3. The van der Waals surface area contributed by atoms with E-state index in [-0.39, 0.29) is 5.82 Å². The minimum Gasteiger partial charge on any atom is -0.497 e. The highest BCUT2D eigenvalue weighted by atomic mass is 32.2. The summed E-state index contributed by atoms with van der Waals surface area (Å²) in [5.74, 6) is 1.24. The van der Waals surface area contributed by atoms with Crippen LogP contribution >= 0.6 is 23.3 Å². The zero-order valence-electron chi connectivity index (χ0n) is 17.5. The van der Waals surface area contributed by atoms with Gasteiger partial charge in [0.2, 0.25) is 0 Å². The molecule has 31 heavy (non-hydrogen) atoms. The van der Waals surface area contributed by atoms with Crippen LogP contribution in [0.3, 0.4) is 0 Å². The number of halogens is 1. The number of methoxy groups -OCH3 is 1. The average Bonchev–Trinajstić information content (AvgIpc) is 3.32. The lowest BCUT2D eigenvalue weighted by Crippen LogP contribution is -2.44. The standard InChI is InChI=1S/C22H26FN5OS2/c1-24-16-4-3-9-28(12-16)20-11-17(29-2)6-7-19(20)26-15-5-8-21(18(23)10-15)31-27-22-13-30-14-25-22/h5-8,10-11,13-14,16,24,26-27H,3-4,9,12H2,1-2H3/t16-/m1/s1. The average molecular weight is 460 g/mol. The van der Waals surface area contributed by atoms with E-state index in [1.807, 2.05) is 36.7 Å². The molecule has 0 aliphatic carbocycles. The van der Waals surface area contributed by atoms with Crippen molar-refractivity contribution in [3.63, 3.8) is 0 Å². The fraction of sp³-hybridized carbons (Fsp3) is 0.318. The topological polar surface area (TPSA) is 61.5 Å². The number of nitrogens with zero attached hydrogens (tertiary/aromatic N) is 2. The van der Waals surface area contributed by atoms with Crippen LogP contribution in [0.15, 0.2) is 52.2 Å². The first-order chi connectivity index (χ1) is 15.2. The maximum Gasteiger partial charge on any atom is 0.147 e. The van der Waals surface area contributed by atoms with Gasteiger partial charge >= 0.3 is 0 Å². The fourth-order valence-electron chi connectivity index (χ4n) is 3.62. The largest absolute Gasteiger partial charge is 0.497 e. The van der Waals surface area contributed by atoms with E-state index in [1.165, 1.54) is 35.8 Å². The van der Waals surface area contributed by atoms with Gasteiger partial charge < -0.3 is 25.0 Å². The number of likely N-dealkylation sites (N-methyl/N-ethyl adjacent to an activating group) is 1. The smallest absolute Gasteiger partial charge is 0.147 e. The molecular formula is C22H26FN5OS2. The molecular weight excluding hydrogens is 433 g/mol. The number of hydrogen-bond acceptors (Lipinski definition) is 8. The Morgan fingerprint density at radius 3 is 2.90 bits per heavy atom. The SMILES string of the molecule is CN[C@@H]1CCCN(c2cc(OC)ccc2Nc2ccc(SNc3cscn3)c(F)c2)C1. The normalized spacial score (nSPS) is 16.2. The van der Waals surface area contributed by atoms with Crippen molar-refractivity contribution in [2.24, 2.45) is 0 Å². The molecule has 2 heterocycles. The Kier molecular flexibility index (Phi) is 7.16. The molecule has 0 bridgehead atoms. The molecule has 6 nitrogen and oxygen atoms in total. The number of rotatable bonds is 8. The Bertz CT molecular complexity index is 1000. The van der Waals surface area contributed by atoms with E-state index in [2.05, 4.69) is 25.2 Å². The van der Waals surface area contributed by atoms with Crippen LogP contribution < -0.4 is 25.0 Å². The van der Waals surface area contributed by atoms with Gasteiger partial charge in [-0.1, -0.05) is 0 Å². The monoisotopic (exact) mass is 459 g/mol. The molecule has 1 aliphatic heterocycles. The van der Waals surface area contributed by atoms with Crippen LogP contribution in [0.4, 0.5) is 27.3 Å². The molecule has 0 amide bonds. The Balaban J connectivity index is 1.52. The van der Waals surface area contributed by atoms with Gasteiger partial charge in [-0.3, -0.25) is 0 Å². The van der Waals surface area contributed by atoms with Gasteiger partial charge in [-0.05, 0) is 62.2 Å². The molecule has 2 aromatic carbocycles. The molecule has 4 rings (SSSR count). The van der Waals surface area contributed by atoms with Crippen LogP contribution in [0.2, 0.25) is 0 Å². The van der Waals surface area contributed by atoms with E-state index in [4.69, 9.17) is 4.74 Å². The highest BCUT2D eigenvalue weighted by molar-refractivity contribution is 8.00. The predicted molar refractivity (Wildman–Crippen MR) is 129 cm³/mol. The summed E-state index contributed by atoms with van der Waals surface area (Å²) in [6, 6.07) is 11.6. The molecule has 1 aromatic heterocycles. The molecule has 9 heteroatoms. The maximum atomic E-state index is 14.7. The summed E-state index contributed by atoms with van der Waals surface area (Å²) in [6.07, 6.45) is 2.29. The van der Waals surface area contributed by atoms with Crippen LogP contribution in [0.25, 0.3) is 0 Å². The number of aromatic nitrogens is 1. The third kappa shape index (κ3) is 5.41. The summed E-state index contributed by atoms with van der Waals surface area (Å²) in [4.78, 5) is 7.02. The molecule has 3 N–H and O–H groups in total. The van der Waals surface area contributed by atoms with Gasteiger partial charge in [-0.2, -0.15) is 0 Å². The Morgan fingerprint density at radius 1 is 1.26 bits per heavy atom. The number of anilines is 4. The number of piperidine rings is 1. The van der Waals surface area contributed by atoms with E-state index in [0.717, 1.165) is 42.5 Å². The summed E-state index contributed by atoms with van der Waals surface area (Å²) in [5, 5.41) is 8.66. The molecule has 1 saturated heterocycles. The van der Waals surface area contributed by atoms with E-state index in [1.54, 1.807) is 18.7 Å². The lowest BCUT2D eigenvalue weighted by Gasteiger charge is -2.35. The third-order valence-electron chi connectivity index (χ3n) is 5.28. The minimum absolute atomic E-state index is 0.291. The van der Waals surface area contributed by atoms with Gasteiger partial charge in [0.05, 0.1) is 28.9 Å². The molecule has 3 aromatic rings. The van der Waals surface area contributed by atoms with E-state index >= 15 is 0 Å². The van der Waals surface area contributed by atoms with Crippen molar-refractivity contribution in [3.8, 4) is 5.75 Å². The van der Waals surface area contributed by atoms with Crippen molar-refractivity contribution >= 4 is 46.2 Å². The first-order valence-corrected chi connectivity index (χ1v) is 11.9. The van der Waals surface area contributed by atoms with Crippen LogP contribution in [0.5, 0.6) is 5.75 Å². The molecule has 1 aliphatic rings. The van der Waals surface area contributed by atoms with Gasteiger partial charge in [0, 0.05) is 36.3 Å². The quantitative estimate of drug-likeness (QED) is 0.393. The Labute approximate surface area is 190 Å². The number of ether oxygens (including phenoxy) is 1. The lowest BCUT2D eigenvalue weighted by atomic mass is 10.0. The first-order valence-electron chi connectivity index (χ1n) is 10.1. The van der Waals surface area contributed by atoms with Crippen molar-refractivity contribution in [1.82, 2.24) is 10.3 Å². The van der Waals surface area contributed by atoms with E-state index in [0.29, 0.717) is 16.6 Å². The van der Waals surface area contributed by atoms with Crippen molar-refractivity contribution in [3.05, 3.63) is 53.1 Å². The van der Waals surface area contributed by atoms with Gasteiger partial charge in [-0.25, -0.2) is 9.37 Å². The molecule has 164 valence electrons. The Hall–Kier alpha value is -2.49. The molecule has 0 unspecified atom stereocenters. The summed E-state index contributed by atoms with van der Waals surface area (Å²) in [6.45, 7) is 1.90. The summed E-state index contributed by atoms with van der Waals surface area (Å²) in [5.41, 5.74) is 4.42. The van der Waals surface area contributed by atoms with Gasteiger partial charge in [0.1, 0.15) is 17.4 Å². The molecule has 0 saturated carbocycles. The molecule has 0 spiro atoms. The zero-order chi connectivity index (χ0) is 21.6. The minimum atomic E-state index is -0.291. The zero-order valence-corrected chi connectivity index (χ0v) is 19.2. The van der Waals surface area contributed by atoms with Crippen molar-refractivity contribution in [2.45, 2.75) is 23.8 Å². The highest BCUT2D eigenvalue weighted by Gasteiger charge is 2.21. The second kappa shape index (κ2) is 10.2. The summed E-state index contributed by atoms with van der Waals surface area (Å²) in [7, 11) is 3.68. The van der Waals surface area contributed by atoms with Crippen LogP contribution in [0, 0.1) is 5.82 Å². The predicted octanol–water partition coefficient (Wildman–Crippen LogP) is 5.34. The van der Waals surface area contributed by atoms with Gasteiger partial charge in [0.25, 0.3) is 0 Å². The number of hydrogen-bond donors (Lipinski definition) is 3.